The molecule has 1 unspecified atom stereocenters. The first-order valence-corrected chi connectivity index (χ1v) is 8.57. The number of anilines is 1. The molecule has 1 saturated heterocycles. The molecule has 2 rings (SSSR count). The predicted molar refractivity (Wildman–Crippen MR) is 81.7 cm³/mol. The van der Waals surface area contributed by atoms with Crippen LogP contribution < -0.4 is 4.90 Å². The van der Waals surface area contributed by atoms with Crippen molar-refractivity contribution in [1.29, 1.82) is 0 Å². The average Bonchev–Trinajstić information content (AvgIpc) is 2.77. The molecule has 0 bridgehead atoms. The molecule has 1 aliphatic heterocycles. The monoisotopic (exact) mass is 285 g/mol. The van der Waals surface area contributed by atoms with Gasteiger partial charge in [0.25, 0.3) is 0 Å². The zero-order valence-corrected chi connectivity index (χ0v) is 13.4. The van der Waals surface area contributed by atoms with Crippen LogP contribution in [0.2, 0.25) is 0 Å². The van der Waals surface area contributed by atoms with E-state index in [0.717, 1.165) is 41.6 Å². The zero-order chi connectivity index (χ0) is 13.1. The quantitative estimate of drug-likeness (QED) is 0.848. The fraction of sp³-hybridized carbons (Fsp3) is 0.846. The van der Waals surface area contributed by atoms with Crippen LogP contribution in [0.3, 0.4) is 0 Å². The van der Waals surface area contributed by atoms with Gasteiger partial charge in [0.2, 0.25) is 5.13 Å². The van der Waals surface area contributed by atoms with Crippen molar-refractivity contribution in [3.8, 4) is 0 Å². The van der Waals surface area contributed by atoms with Crippen LogP contribution in [-0.2, 0) is 6.42 Å². The van der Waals surface area contributed by atoms with Gasteiger partial charge in [-0.2, -0.15) is 16.1 Å². The van der Waals surface area contributed by atoms with Crippen LogP contribution in [-0.4, -0.2) is 33.4 Å². The summed E-state index contributed by atoms with van der Waals surface area (Å²) >= 11 is 3.67. The molecule has 18 heavy (non-hydrogen) atoms. The Morgan fingerprint density at radius 3 is 2.78 bits per heavy atom. The topological polar surface area (TPSA) is 29.0 Å². The minimum absolute atomic E-state index is 0.632. The molecule has 1 aliphatic rings. The predicted octanol–water partition coefficient (Wildman–Crippen LogP) is 3.31. The highest BCUT2D eigenvalue weighted by molar-refractivity contribution is 8.00. The van der Waals surface area contributed by atoms with E-state index >= 15 is 0 Å². The molecule has 1 atom stereocenters. The Balaban J connectivity index is 2.00. The summed E-state index contributed by atoms with van der Waals surface area (Å²) in [6, 6.07) is 0. The first-order valence-electron chi connectivity index (χ1n) is 6.75. The van der Waals surface area contributed by atoms with Crippen molar-refractivity contribution in [2.45, 2.75) is 39.4 Å². The van der Waals surface area contributed by atoms with Gasteiger partial charge in [-0.25, -0.2) is 4.98 Å². The summed E-state index contributed by atoms with van der Waals surface area (Å²) < 4.78 is 4.48. The standard InChI is InChI=1S/C13H23N3S2/c1-9(2)7-12-14-13(18-15-12)16-5-6-17-11(8-16)10(3)4/h9-11H,5-8H2,1-4H3. The van der Waals surface area contributed by atoms with Crippen LogP contribution in [0.5, 0.6) is 0 Å². The second-order valence-electron chi connectivity index (χ2n) is 5.69. The summed E-state index contributed by atoms with van der Waals surface area (Å²) in [5.74, 6) is 3.60. The molecular formula is C13H23N3S2. The van der Waals surface area contributed by atoms with E-state index in [1.54, 1.807) is 11.5 Å². The molecule has 2 heterocycles. The Bertz CT molecular complexity index is 376. The van der Waals surface area contributed by atoms with E-state index in [9.17, 15) is 0 Å². The van der Waals surface area contributed by atoms with Gasteiger partial charge < -0.3 is 4.90 Å². The van der Waals surface area contributed by atoms with Gasteiger partial charge in [0.1, 0.15) is 5.82 Å². The number of hydrogen-bond acceptors (Lipinski definition) is 5. The van der Waals surface area contributed by atoms with E-state index in [0.29, 0.717) is 5.92 Å². The van der Waals surface area contributed by atoms with Gasteiger partial charge in [-0.3, -0.25) is 0 Å². The molecule has 0 radical (unpaired) electrons. The highest BCUT2D eigenvalue weighted by Crippen LogP contribution is 2.29. The summed E-state index contributed by atoms with van der Waals surface area (Å²) in [6.07, 6.45) is 0.993. The third kappa shape index (κ3) is 3.60. The molecule has 1 aromatic rings. The van der Waals surface area contributed by atoms with E-state index in [-0.39, 0.29) is 0 Å². The van der Waals surface area contributed by atoms with Crippen LogP contribution in [0.1, 0.15) is 33.5 Å². The van der Waals surface area contributed by atoms with Crippen molar-refractivity contribution in [2.75, 3.05) is 23.7 Å². The molecule has 0 amide bonds. The Labute approximate surface area is 119 Å². The molecule has 0 spiro atoms. The second-order valence-corrected chi connectivity index (χ2v) is 7.77. The Kier molecular flexibility index (Phi) is 4.90. The largest absolute Gasteiger partial charge is 0.345 e. The fourth-order valence-corrected chi connectivity index (χ4v) is 4.10. The van der Waals surface area contributed by atoms with Gasteiger partial charge in [0.05, 0.1) is 0 Å². The lowest BCUT2D eigenvalue weighted by molar-refractivity contribution is 0.581. The third-order valence-electron chi connectivity index (χ3n) is 3.16. The summed E-state index contributed by atoms with van der Waals surface area (Å²) in [5, 5.41) is 1.85. The molecule has 1 aromatic heterocycles. The van der Waals surface area contributed by atoms with Gasteiger partial charge in [-0.05, 0) is 11.8 Å². The molecule has 0 saturated carbocycles. The van der Waals surface area contributed by atoms with Gasteiger partial charge in [0, 0.05) is 42.0 Å². The molecule has 5 heteroatoms. The van der Waals surface area contributed by atoms with Crippen molar-refractivity contribution in [2.24, 2.45) is 11.8 Å². The number of aromatic nitrogens is 2. The maximum absolute atomic E-state index is 4.69. The van der Waals surface area contributed by atoms with Gasteiger partial charge in [0.15, 0.2) is 0 Å². The van der Waals surface area contributed by atoms with Crippen LogP contribution in [0.4, 0.5) is 5.13 Å². The first-order chi connectivity index (χ1) is 8.56. The van der Waals surface area contributed by atoms with E-state index in [1.165, 1.54) is 5.75 Å². The number of thioether (sulfide) groups is 1. The van der Waals surface area contributed by atoms with Crippen molar-refractivity contribution >= 4 is 28.4 Å². The number of rotatable bonds is 4. The van der Waals surface area contributed by atoms with E-state index in [1.807, 2.05) is 0 Å². The highest BCUT2D eigenvalue weighted by atomic mass is 32.2. The fourth-order valence-electron chi connectivity index (χ4n) is 2.07. The van der Waals surface area contributed by atoms with E-state index < -0.39 is 0 Å². The second kappa shape index (κ2) is 6.24. The minimum atomic E-state index is 0.632. The Morgan fingerprint density at radius 2 is 2.11 bits per heavy atom. The molecule has 0 N–H and O–H groups in total. The van der Waals surface area contributed by atoms with Crippen LogP contribution >= 0.6 is 23.3 Å². The summed E-state index contributed by atoms with van der Waals surface area (Å²) in [4.78, 5) is 7.11. The lowest BCUT2D eigenvalue weighted by Gasteiger charge is -2.33. The lowest BCUT2D eigenvalue weighted by Crippen LogP contribution is -2.40. The Hall–Kier alpha value is -0.290. The first kappa shape index (κ1) is 14.1. The summed E-state index contributed by atoms with van der Waals surface area (Å²) in [7, 11) is 0. The summed E-state index contributed by atoms with van der Waals surface area (Å²) in [5.41, 5.74) is 0. The van der Waals surface area contributed by atoms with Crippen LogP contribution in [0.25, 0.3) is 0 Å². The van der Waals surface area contributed by atoms with Crippen molar-refractivity contribution in [3.63, 3.8) is 0 Å². The van der Waals surface area contributed by atoms with Gasteiger partial charge >= 0.3 is 0 Å². The van der Waals surface area contributed by atoms with E-state index in [2.05, 4.69) is 48.7 Å². The van der Waals surface area contributed by atoms with E-state index in [4.69, 9.17) is 4.98 Å². The van der Waals surface area contributed by atoms with Gasteiger partial charge in [-0.1, -0.05) is 27.7 Å². The molecule has 0 aliphatic carbocycles. The molecular weight excluding hydrogens is 262 g/mol. The van der Waals surface area contributed by atoms with Gasteiger partial charge in [-0.15, -0.1) is 0 Å². The molecule has 102 valence electrons. The van der Waals surface area contributed by atoms with Crippen LogP contribution in [0, 0.1) is 11.8 Å². The molecule has 1 fully saturated rings. The maximum atomic E-state index is 4.69. The highest BCUT2D eigenvalue weighted by Gasteiger charge is 2.25. The minimum Gasteiger partial charge on any atom is -0.345 e. The maximum Gasteiger partial charge on any atom is 0.205 e. The van der Waals surface area contributed by atoms with Crippen molar-refractivity contribution in [3.05, 3.63) is 5.82 Å². The lowest BCUT2D eigenvalue weighted by atomic mass is 10.1. The summed E-state index contributed by atoms with van der Waals surface area (Å²) in [6.45, 7) is 11.3. The SMILES string of the molecule is CC(C)Cc1nsc(N2CCSC(C(C)C)C2)n1. The van der Waals surface area contributed by atoms with Crippen molar-refractivity contribution in [1.82, 2.24) is 9.36 Å². The normalized spacial score (nSPS) is 21.0. The Morgan fingerprint density at radius 1 is 1.33 bits per heavy atom. The molecule has 3 nitrogen and oxygen atoms in total. The zero-order valence-electron chi connectivity index (χ0n) is 11.7. The number of hydrogen-bond donors (Lipinski definition) is 0. The van der Waals surface area contributed by atoms with Crippen molar-refractivity contribution < 1.29 is 0 Å². The van der Waals surface area contributed by atoms with Crippen LogP contribution in [0.15, 0.2) is 0 Å². The number of nitrogens with zero attached hydrogens (tertiary/aromatic N) is 3. The third-order valence-corrected chi connectivity index (χ3v) is 5.51. The molecule has 0 aromatic carbocycles. The smallest absolute Gasteiger partial charge is 0.205 e. The average molecular weight is 285 g/mol.